The average Bonchev–Trinajstić information content (AvgIpc) is 1.59. The lowest BCUT2D eigenvalue weighted by atomic mass is 9.80. The van der Waals surface area contributed by atoms with E-state index in [0.29, 0.717) is 79.0 Å². The van der Waals surface area contributed by atoms with Crippen LogP contribution in [0.3, 0.4) is 0 Å². The first-order valence-electron chi connectivity index (χ1n) is 34.9. The van der Waals surface area contributed by atoms with Crippen molar-refractivity contribution in [2.75, 3.05) is 30.7 Å². The van der Waals surface area contributed by atoms with E-state index in [1.54, 1.807) is 197 Å². The number of hydrogen-bond donors (Lipinski definition) is 3. The lowest BCUT2D eigenvalue weighted by Gasteiger charge is -2.21. The number of halogens is 4. The molecule has 7 heterocycles. The summed E-state index contributed by atoms with van der Waals surface area (Å²) < 4.78 is 59.5. The zero-order valence-corrected chi connectivity index (χ0v) is 61.7. The van der Waals surface area contributed by atoms with Crippen molar-refractivity contribution < 1.29 is 46.3 Å². The van der Waals surface area contributed by atoms with Gasteiger partial charge in [0.05, 0.1) is 73.1 Å². The van der Waals surface area contributed by atoms with Crippen molar-refractivity contribution in [2.24, 2.45) is 7.05 Å². The number of fused-ring (bicyclic) bond motifs is 3. The number of anilines is 9. The smallest absolute Gasteiger partial charge is 0.322 e. The maximum Gasteiger partial charge on any atom is 0.417 e. The molecule has 0 radical (unpaired) electrons. The Morgan fingerprint density at radius 1 is 0.431 bits per heavy atom. The van der Waals surface area contributed by atoms with Crippen LogP contribution in [0.2, 0.25) is 0 Å². The van der Waals surface area contributed by atoms with Crippen molar-refractivity contribution in [3.63, 3.8) is 0 Å². The van der Waals surface area contributed by atoms with Crippen LogP contribution in [0.4, 0.5) is 69.3 Å². The second-order valence-electron chi connectivity index (χ2n) is 28.6. The number of hydrogen-bond acceptors (Lipinski definition) is 12. The summed E-state index contributed by atoms with van der Waals surface area (Å²) in [6, 6.07) is 50.3. The molecule has 6 amide bonds. The van der Waals surface area contributed by atoms with E-state index in [0.717, 1.165) is 50.8 Å². The van der Waals surface area contributed by atoms with Crippen LogP contribution in [0.15, 0.2) is 219 Å². The van der Waals surface area contributed by atoms with Crippen LogP contribution in [0.1, 0.15) is 123 Å². The first kappa shape index (κ1) is 74.1. The van der Waals surface area contributed by atoms with Gasteiger partial charge in [-0.3, -0.25) is 43.3 Å². The molecule has 0 spiro atoms. The summed E-state index contributed by atoms with van der Waals surface area (Å²) in [5.41, 5.74) is 10.2. The minimum Gasteiger partial charge on any atom is -0.322 e. The summed E-state index contributed by atoms with van der Waals surface area (Å²) in [5.74, 6) is -2.17. The first-order valence-corrected chi connectivity index (χ1v) is 34.9. The van der Waals surface area contributed by atoms with Gasteiger partial charge < -0.3 is 16.0 Å². The topological polar surface area (TPSA) is 230 Å². The fourth-order valence-corrected chi connectivity index (χ4v) is 14.1. The third-order valence-corrected chi connectivity index (χ3v) is 19.7. The molecular formula is C86H75F4N13O6. The highest BCUT2D eigenvalue weighted by Gasteiger charge is 2.50. The molecule has 0 atom stereocenters. The van der Waals surface area contributed by atoms with Crippen LogP contribution in [0, 0.1) is 40.4 Å². The van der Waals surface area contributed by atoms with Gasteiger partial charge in [-0.15, -0.1) is 0 Å². The van der Waals surface area contributed by atoms with Gasteiger partial charge in [-0.25, -0.2) is 34.1 Å². The Kier molecular flexibility index (Phi) is 19.7. The van der Waals surface area contributed by atoms with Gasteiger partial charge in [0.15, 0.2) is 0 Å². The Labute approximate surface area is 626 Å². The van der Waals surface area contributed by atoms with Gasteiger partial charge >= 0.3 is 6.18 Å². The molecule has 19 nitrogen and oxygen atoms in total. The molecule has 109 heavy (non-hydrogen) atoms. The zero-order chi connectivity index (χ0) is 77.8. The van der Waals surface area contributed by atoms with Crippen LogP contribution in [0.5, 0.6) is 0 Å². The van der Waals surface area contributed by atoms with E-state index in [9.17, 15) is 41.9 Å². The van der Waals surface area contributed by atoms with E-state index >= 15 is 4.39 Å². The minimum absolute atomic E-state index is 0.0314. The summed E-state index contributed by atoms with van der Waals surface area (Å²) in [4.78, 5) is 106. The van der Waals surface area contributed by atoms with Crippen molar-refractivity contribution in [1.29, 1.82) is 0 Å². The Hall–Kier alpha value is -13.2. The third kappa shape index (κ3) is 14.1. The predicted octanol–water partition coefficient (Wildman–Crippen LogP) is 18.1. The molecule has 0 aliphatic carbocycles. The Balaban J connectivity index is 0.000000144. The van der Waals surface area contributed by atoms with Gasteiger partial charge in [0.2, 0.25) is 29.6 Å². The number of rotatable bonds is 12. The number of benzene rings is 8. The van der Waals surface area contributed by atoms with Crippen LogP contribution in [-0.4, -0.2) is 70.1 Å². The monoisotopic (exact) mass is 1460 g/mol. The predicted molar refractivity (Wildman–Crippen MR) is 413 cm³/mol. The fourth-order valence-electron chi connectivity index (χ4n) is 14.1. The second-order valence-corrected chi connectivity index (χ2v) is 28.6. The Morgan fingerprint density at radius 2 is 0.844 bits per heavy atom. The summed E-state index contributed by atoms with van der Waals surface area (Å²) in [5, 5.41) is 12.5. The van der Waals surface area contributed by atoms with E-state index in [1.165, 1.54) is 17.0 Å². The molecule has 3 aliphatic heterocycles. The zero-order valence-electron chi connectivity index (χ0n) is 61.7. The SMILES string of the molecule is Cc1ccc(NC(=O)c2c(C)ccc(-c3cccc4c3C(C)(C)C(=O)N4c3ncccn3)c2F)cc1.Cc1ccc(NC(=O)c2cc(-c3cccc4c3C(C)(C)C(=O)N4c3cnn(C)c3)ccc2C(F)(F)F)cc1.Cc1ccc(NC(=O)c2cc(-c3cccc4c3C(C)(C)C(=O)N4c3ncccn3)cnc2C)cc1. The molecule has 0 bridgehead atoms. The molecule has 15 rings (SSSR count). The molecule has 548 valence electrons. The van der Waals surface area contributed by atoms with Crippen molar-refractivity contribution in [1.82, 2.24) is 34.7 Å². The van der Waals surface area contributed by atoms with Crippen LogP contribution in [-0.2, 0) is 43.9 Å². The van der Waals surface area contributed by atoms with E-state index in [2.05, 4.69) is 46.0 Å². The third-order valence-electron chi connectivity index (χ3n) is 19.7. The maximum absolute atomic E-state index is 16.1. The quantitative estimate of drug-likeness (QED) is 0.0970. The molecule has 3 aliphatic rings. The number of pyridine rings is 1. The molecular weight excluding hydrogens is 1390 g/mol. The van der Waals surface area contributed by atoms with E-state index in [-0.39, 0.29) is 40.7 Å². The highest BCUT2D eigenvalue weighted by molar-refractivity contribution is 6.17. The van der Waals surface area contributed by atoms with E-state index < -0.39 is 51.2 Å². The first-order chi connectivity index (χ1) is 51.8. The molecule has 0 saturated heterocycles. The second kappa shape index (κ2) is 28.9. The van der Waals surface area contributed by atoms with Crippen molar-refractivity contribution >= 4 is 87.2 Å². The van der Waals surface area contributed by atoms with Gasteiger partial charge in [-0.05, 0) is 206 Å². The molecule has 4 aromatic heterocycles. The standard InChI is InChI=1S/C29H25F3N4O2.C29H25FN4O2.C28H25N5O2/c1-17-8-11-19(12-9-17)34-26(37)22-14-18(10-13-23(22)29(30,31)32)21-6-5-7-24-25(21)28(2,3)27(38)36(24)20-15-33-35(4)16-20;1-17-9-12-19(13-10-17)33-26(35)23-18(2)11-14-21(25(23)30)20-7-5-8-22-24(20)29(3,4)27(36)34(22)28-31-15-6-16-32-28;1-17-9-11-20(12-10-17)32-25(34)22-15-19(16-31-18(22)2)21-7-5-8-23-24(21)28(3,4)26(35)33(23)27-29-13-6-14-30-27/h5-16H,1-4H3,(H,34,37);5-16H,1-4H3,(H,33,35);5-16H,1-4H3,(H,32,34). The largest absolute Gasteiger partial charge is 0.417 e. The normalized spacial score (nSPS) is 14.2. The van der Waals surface area contributed by atoms with Gasteiger partial charge in [0.25, 0.3) is 17.7 Å². The van der Waals surface area contributed by atoms with E-state index in [4.69, 9.17) is 0 Å². The molecule has 0 saturated carbocycles. The van der Waals surface area contributed by atoms with Crippen molar-refractivity contribution in [3.8, 4) is 33.4 Å². The highest BCUT2D eigenvalue weighted by Crippen LogP contribution is 2.53. The van der Waals surface area contributed by atoms with Crippen LogP contribution < -0.4 is 30.7 Å². The molecule has 8 aromatic carbocycles. The van der Waals surface area contributed by atoms with Gasteiger partial charge in [0, 0.05) is 72.4 Å². The molecule has 0 unspecified atom stereocenters. The Morgan fingerprint density at radius 3 is 1.30 bits per heavy atom. The number of aromatic nitrogens is 7. The van der Waals surface area contributed by atoms with E-state index in [1.807, 2.05) is 102 Å². The lowest BCUT2D eigenvalue weighted by molar-refractivity contribution is -0.138. The highest BCUT2D eigenvalue weighted by atomic mass is 19.4. The van der Waals surface area contributed by atoms with Crippen LogP contribution >= 0.6 is 0 Å². The number of carbonyl (C=O) groups is 6. The molecule has 23 heteroatoms. The molecule has 0 fully saturated rings. The number of alkyl halides is 3. The Bertz CT molecular complexity index is 5610. The maximum atomic E-state index is 16.1. The van der Waals surface area contributed by atoms with Crippen molar-refractivity contribution in [3.05, 3.63) is 292 Å². The summed E-state index contributed by atoms with van der Waals surface area (Å²) in [6.45, 7) is 20.3. The number of amides is 6. The number of nitrogens with zero attached hydrogens (tertiary/aromatic N) is 10. The molecule has 12 aromatic rings. The van der Waals surface area contributed by atoms with Gasteiger partial charge in [-0.2, -0.15) is 18.3 Å². The van der Waals surface area contributed by atoms with Crippen LogP contribution in [0.25, 0.3) is 33.4 Å². The van der Waals surface area contributed by atoms with Gasteiger partial charge in [-0.1, -0.05) is 108 Å². The van der Waals surface area contributed by atoms with Gasteiger partial charge in [0.1, 0.15) is 5.82 Å². The summed E-state index contributed by atoms with van der Waals surface area (Å²) in [7, 11) is 1.75. The summed E-state index contributed by atoms with van der Waals surface area (Å²) in [6.07, 6.45) is 6.70. The molecule has 3 N–H and O–H groups in total. The lowest BCUT2D eigenvalue weighted by Crippen LogP contribution is -2.34. The number of nitrogens with one attached hydrogen (secondary N) is 3. The van der Waals surface area contributed by atoms with Crippen molar-refractivity contribution in [2.45, 2.75) is 98.6 Å². The minimum atomic E-state index is -4.73. The number of carbonyl (C=O) groups excluding carboxylic acids is 6. The summed E-state index contributed by atoms with van der Waals surface area (Å²) >= 11 is 0. The number of aryl methyl sites for hydroxylation is 6. The average molecular weight is 1460 g/mol. The fraction of sp³-hybridized carbons (Fsp3) is 0.186.